The Morgan fingerprint density at radius 3 is 2.31 bits per heavy atom. The molecule has 9 nitrogen and oxygen atoms in total. The van der Waals surface area contributed by atoms with Gasteiger partial charge in [0.25, 0.3) is 5.91 Å². The fourth-order valence-corrected chi connectivity index (χ4v) is 5.55. The molecule has 0 bridgehead atoms. The lowest BCUT2D eigenvalue weighted by atomic mass is 9.77. The molecule has 0 saturated carbocycles. The molecule has 39 heavy (non-hydrogen) atoms. The molecular formula is C29H40N4O5S. The van der Waals surface area contributed by atoms with Gasteiger partial charge in [0, 0.05) is 37.5 Å². The first kappa shape index (κ1) is 30.4. The second-order valence-electron chi connectivity index (χ2n) is 11.7. The van der Waals surface area contributed by atoms with Gasteiger partial charge in [-0.25, -0.2) is 4.98 Å². The van der Waals surface area contributed by atoms with Crippen LogP contribution >= 0.6 is 11.3 Å². The van der Waals surface area contributed by atoms with Crippen molar-refractivity contribution < 1.29 is 24.3 Å². The van der Waals surface area contributed by atoms with E-state index in [4.69, 9.17) is 0 Å². The standard InChI is InChI=1S/C29H40N4O5S/c1-16(2)31-26(37)27-30-14-24(39-27)20-10-8-19(9-11-20)18(4)32-25(36)23-13-21(35)15-33(23)28(38)22(12-17(3)34)29(5,6)7/h8-11,14,16,18,21-23,35H,12-13,15H2,1-7H3,(H,31,37)(H,32,36)/t18-,21+,22+,23-/m0/s1. The zero-order valence-corrected chi connectivity index (χ0v) is 24.6. The summed E-state index contributed by atoms with van der Waals surface area (Å²) in [5, 5.41) is 16.6. The highest BCUT2D eigenvalue weighted by Crippen LogP contribution is 2.34. The molecule has 1 aliphatic heterocycles. The number of rotatable bonds is 9. The number of aliphatic hydroxyl groups excluding tert-OH is 1. The second kappa shape index (κ2) is 12.4. The summed E-state index contributed by atoms with van der Waals surface area (Å²) in [4.78, 5) is 57.4. The number of hydrogen-bond donors (Lipinski definition) is 3. The fourth-order valence-electron chi connectivity index (χ4n) is 4.72. The highest BCUT2D eigenvalue weighted by Gasteiger charge is 2.44. The lowest BCUT2D eigenvalue weighted by Crippen LogP contribution is -2.50. The van der Waals surface area contributed by atoms with Crippen molar-refractivity contribution >= 4 is 34.8 Å². The van der Waals surface area contributed by atoms with Crippen LogP contribution in [0, 0.1) is 11.3 Å². The number of hydrogen-bond acceptors (Lipinski definition) is 7. The Morgan fingerprint density at radius 1 is 1.10 bits per heavy atom. The zero-order chi connectivity index (χ0) is 29.1. The molecule has 1 aliphatic rings. The molecular weight excluding hydrogens is 516 g/mol. The SMILES string of the molecule is CC(=O)C[C@H](C(=O)N1C[C@H](O)C[C@H]1C(=O)N[C@@H](C)c1ccc(-c2cnc(C(=O)NC(C)C)s2)cc1)C(C)(C)C. The van der Waals surface area contributed by atoms with Gasteiger partial charge in [0.1, 0.15) is 11.8 Å². The van der Waals surface area contributed by atoms with E-state index in [1.807, 2.05) is 65.8 Å². The van der Waals surface area contributed by atoms with E-state index in [1.165, 1.54) is 23.2 Å². The molecule has 2 heterocycles. The van der Waals surface area contributed by atoms with Crippen LogP contribution < -0.4 is 10.6 Å². The quantitative estimate of drug-likeness (QED) is 0.432. The molecule has 1 saturated heterocycles. The number of ketones is 1. The van der Waals surface area contributed by atoms with Gasteiger partial charge in [0.15, 0.2) is 5.01 Å². The van der Waals surface area contributed by atoms with E-state index in [0.717, 1.165) is 16.0 Å². The summed E-state index contributed by atoms with van der Waals surface area (Å²) in [7, 11) is 0. The molecule has 4 atom stereocenters. The van der Waals surface area contributed by atoms with Crippen LogP contribution in [0.4, 0.5) is 0 Å². The van der Waals surface area contributed by atoms with E-state index in [9.17, 15) is 24.3 Å². The van der Waals surface area contributed by atoms with Crippen molar-refractivity contribution in [1.82, 2.24) is 20.5 Å². The van der Waals surface area contributed by atoms with Gasteiger partial charge in [-0.2, -0.15) is 0 Å². The fraction of sp³-hybridized carbons (Fsp3) is 0.552. The molecule has 0 radical (unpaired) electrons. The maximum absolute atomic E-state index is 13.5. The number of likely N-dealkylation sites (tertiary alicyclic amines) is 1. The molecule has 3 amide bonds. The summed E-state index contributed by atoms with van der Waals surface area (Å²) in [6.45, 7) is 12.9. The summed E-state index contributed by atoms with van der Waals surface area (Å²) in [6, 6.07) is 6.52. The molecule has 3 rings (SSSR count). The number of benzene rings is 1. The molecule has 2 aromatic rings. The van der Waals surface area contributed by atoms with Crippen LogP contribution in [-0.4, -0.2) is 63.2 Å². The largest absolute Gasteiger partial charge is 0.391 e. The summed E-state index contributed by atoms with van der Waals surface area (Å²) in [6.07, 6.45) is 1.12. The molecule has 1 aromatic carbocycles. The molecule has 1 fully saturated rings. The predicted octanol–water partition coefficient (Wildman–Crippen LogP) is 3.73. The third kappa shape index (κ3) is 7.73. The molecule has 0 unspecified atom stereocenters. The van der Waals surface area contributed by atoms with E-state index in [1.54, 1.807) is 6.20 Å². The number of carbonyl (C=O) groups is 4. The number of aliphatic hydroxyl groups is 1. The van der Waals surface area contributed by atoms with Gasteiger partial charge in [0.2, 0.25) is 11.8 Å². The number of β-amino-alcohol motifs (C(OH)–C–C–N with tert-alkyl or cyclic N) is 1. The van der Waals surface area contributed by atoms with Gasteiger partial charge in [0.05, 0.1) is 17.0 Å². The summed E-state index contributed by atoms with van der Waals surface area (Å²) < 4.78 is 0. The Kier molecular flexibility index (Phi) is 9.66. The van der Waals surface area contributed by atoms with Gasteiger partial charge < -0.3 is 25.4 Å². The van der Waals surface area contributed by atoms with Gasteiger partial charge in [-0.1, -0.05) is 45.0 Å². The topological polar surface area (TPSA) is 129 Å². The molecule has 1 aromatic heterocycles. The van der Waals surface area contributed by atoms with E-state index in [0.29, 0.717) is 5.01 Å². The van der Waals surface area contributed by atoms with Gasteiger partial charge in [-0.15, -0.1) is 11.3 Å². The average Bonchev–Trinajstić information content (AvgIpc) is 3.48. The van der Waals surface area contributed by atoms with Crippen LogP contribution in [-0.2, 0) is 14.4 Å². The van der Waals surface area contributed by atoms with Gasteiger partial charge in [-0.05, 0) is 44.2 Å². The smallest absolute Gasteiger partial charge is 0.280 e. The Balaban J connectivity index is 1.69. The van der Waals surface area contributed by atoms with Crippen LogP contribution in [0.15, 0.2) is 30.5 Å². The monoisotopic (exact) mass is 556 g/mol. The number of Topliss-reactive ketones (excluding diaryl/α,β-unsaturated/α-hetero) is 1. The number of thiazole rings is 1. The molecule has 0 spiro atoms. The van der Waals surface area contributed by atoms with E-state index in [-0.39, 0.29) is 55.0 Å². The third-order valence-corrected chi connectivity index (χ3v) is 7.92. The molecule has 212 valence electrons. The zero-order valence-electron chi connectivity index (χ0n) is 23.8. The number of nitrogens with zero attached hydrogens (tertiary/aromatic N) is 2. The van der Waals surface area contributed by atoms with Crippen LogP contribution in [0.3, 0.4) is 0 Å². The van der Waals surface area contributed by atoms with Crippen molar-refractivity contribution in [1.29, 1.82) is 0 Å². The Bertz CT molecular complexity index is 1200. The first-order valence-corrected chi connectivity index (χ1v) is 14.1. The maximum Gasteiger partial charge on any atom is 0.280 e. The third-order valence-electron chi connectivity index (χ3n) is 6.87. The lowest BCUT2D eigenvalue weighted by molar-refractivity contribution is -0.146. The van der Waals surface area contributed by atoms with E-state index >= 15 is 0 Å². The second-order valence-corrected chi connectivity index (χ2v) is 12.8. The van der Waals surface area contributed by atoms with Crippen LogP contribution in [0.1, 0.15) is 82.7 Å². The van der Waals surface area contributed by atoms with Gasteiger partial charge in [-0.3, -0.25) is 14.4 Å². The number of nitrogens with one attached hydrogen (secondary N) is 2. The van der Waals surface area contributed by atoms with Crippen molar-refractivity contribution in [3.63, 3.8) is 0 Å². The molecule has 10 heteroatoms. The summed E-state index contributed by atoms with van der Waals surface area (Å²) >= 11 is 1.31. The highest BCUT2D eigenvalue weighted by atomic mass is 32.1. The van der Waals surface area contributed by atoms with Crippen molar-refractivity contribution in [2.45, 2.75) is 85.5 Å². The van der Waals surface area contributed by atoms with Crippen molar-refractivity contribution in [2.75, 3.05) is 6.54 Å². The normalized spacial score (nSPS) is 19.1. The Hall–Kier alpha value is -3.11. The van der Waals surface area contributed by atoms with Crippen LogP contribution in [0.5, 0.6) is 0 Å². The number of carbonyl (C=O) groups excluding carboxylic acids is 4. The first-order valence-electron chi connectivity index (χ1n) is 13.3. The number of amides is 3. The van der Waals surface area contributed by atoms with Crippen molar-refractivity contribution in [3.05, 3.63) is 41.0 Å². The summed E-state index contributed by atoms with van der Waals surface area (Å²) in [5.74, 6) is -1.49. The predicted molar refractivity (Wildman–Crippen MR) is 151 cm³/mol. The highest BCUT2D eigenvalue weighted by molar-refractivity contribution is 7.17. The Labute approximate surface area is 234 Å². The lowest BCUT2D eigenvalue weighted by Gasteiger charge is -2.34. The van der Waals surface area contributed by atoms with Crippen molar-refractivity contribution in [3.8, 4) is 10.4 Å². The minimum Gasteiger partial charge on any atom is -0.391 e. The first-order chi connectivity index (χ1) is 18.2. The van der Waals surface area contributed by atoms with E-state index < -0.39 is 23.5 Å². The van der Waals surface area contributed by atoms with Crippen LogP contribution in [0.2, 0.25) is 0 Å². The Morgan fingerprint density at radius 2 is 1.74 bits per heavy atom. The minimum atomic E-state index is -0.807. The molecule has 3 N–H and O–H groups in total. The average molecular weight is 557 g/mol. The minimum absolute atomic E-state index is 0.0268. The van der Waals surface area contributed by atoms with Crippen molar-refractivity contribution in [2.24, 2.45) is 11.3 Å². The molecule has 0 aliphatic carbocycles. The summed E-state index contributed by atoms with van der Waals surface area (Å²) in [5.41, 5.74) is 1.31. The number of aromatic nitrogens is 1. The maximum atomic E-state index is 13.5. The van der Waals surface area contributed by atoms with Crippen LogP contribution in [0.25, 0.3) is 10.4 Å². The van der Waals surface area contributed by atoms with E-state index in [2.05, 4.69) is 15.6 Å². The van der Waals surface area contributed by atoms with Gasteiger partial charge >= 0.3 is 0 Å².